The van der Waals surface area contributed by atoms with Crippen molar-refractivity contribution >= 4 is 11.6 Å². The summed E-state index contributed by atoms with van der Waals surface area (Å²) in [4.78, 5) is 12.8. The van der Waals surface area contributed by atoms with Crippen molar-refractivity contribution in [3.63, 3.8) is 0 Å². The third-order valence-corrected chi connectivity index (χ3v) is 3.80. The van der Waals surface area contributed by atoms with E-state index < -0.39 is 5.91 Å². The van der Waals surface area contributed by atoms with Crippen molar-refractivity contribution in [2.45, 2.75) is 13.3 Å². The Bertz CT molecular complexity index is 922. The number of ether oxygens (including phenoxy) is 2. The van der Waals surface area contributed by atoms with Crippen LogP contribution in [0.3, 0.4) is 0 Å². The lowest BCUT2D eigenvalue weighted by Gasteiger charge is -2.09. The molecular weight excluding hydrogens is 349 g/mol. The second-order valence-corrected chi connectivity index (χ2v) is 5.77. The lowest BCUT2D eigenvalue weighted by atomic mass is 10.2. The predicted octanol–water partition coefficient (Wildman–Crippen LogP) is 4.06. The predicted molar refractivity (Wildman–Crippen MR) is 100 cm³/mol. The second-order valence-electron chi connectivity index (χ2n) is 5.77. The van der Waals surface area contributed by atoms with E-state index in [0.717, 1.165) is 6.42 Å². The molecule has 0 atom stereocenters. The molecule has 0 aliphatic carbocycles. The highest BCUT2D eigenvalue weighted by Crippen LogP contribution is 2.26. The topological polar surface area (TPSA) is 65.4 Å². The molecular formula is C20H20FN3O3. The summed E-state index contributed by atoms with van der Waals surface area (Å²) in [6, 6.07) is 12.9. The van der Waals surface area contributed by atoms with Gasteiger partial charge < -0.3 is 14.8 Å². The van der Waals surface area contributed by atoms with Crippen molar-refractivity contribution in [3.05, 3.63) is 66.2 Å². The van der Waals surface area contributed by atoms with Gasteiger partial charge >= 0.3 is 0 Å². The van der Waals surface area contributed by atoms with Gasteiger partial charge in [-0.25, -0.2) is 9.07 Å². The fourth-order valence-electron chi connectivity index (χ4n) is 2.49. The molecule has 0 bridgehead atoms. The van der Waals surface area contributed by atoms with Crippen LogP contribution in [0.1, 0.15) is 23.8 Å². The van der Waals surface area contributed by atoms with Crippen LogP contribution in [0.4, 0.5) is 10.1 Å². The van der Waals surface area contributed by atoms with Crippen LogP contribution in [0, 0.1) is 5.82 Å². The molecule has 0 unspecified atom stereocenters. The quantitative estimate of drug-likeness (QED) is 0.682. The van der Waals surface area contributed by atoms with Gasteiger partial charge in [-0.2, -0.15) is 5.10 Å². The van der Waals surface area contributed by atoms with Crippen LogP contribution < -0.4 is 14.8 Å². The number of hydrogen-bond acceptors (Lipinski definition) is 4. The summed E-state index contributed by atoms with van der Waals surface area (Å²) in [5, 5.41) is 7.12. The summed E-state index contributed by atoms with van der Waals surface area (Å²) in [6.07, 6.45) is 2.40. The first kappa shape index (κ1) is 18.4. The molecule has 0 aliphatic rings. The van der Waals surface area contributed by atoms with E-state index in [-0.39, 0.29) is 11.5 Å². The van der Waals surface area contributed by atoms with E-state index in [0.29, 0.717) is 29.5 Å². The molecule has 0 saturated heterocycles. The first-order chi connectivity index (χ1) is 13.1. The average molecular weight is 369 g/mol. The molecule has 1 N–H and O–H groups in total. The fraction of sp³-hybridized carbons (Fsp3) is 0.200. The minimum atomic E-state index is -0.425. The molecule has 0 radical (unpaired) electrons. The van der Waals surface area contributed by atoms with E-state index in [2.05, 4.69) is 10.4 Å². The molecule has 3 rings (SSSR count). The molecule has 7 heteroatoms. The largest absolute Gasteiger partial charge is 0.495 e. The van der Waals surface area contributed by atoms with E-state index in [9.17, 15) is 9.18 Å². The Morgan fingerprint density at radius 3 is 2.59 bits per heavy atom. The Morgan fingerprint density at radius 1 is 1.15 bits per heavy atom. The maximum atomic E-state index is 13.2. The molecule has 1 aromatic heterocycles. The Hall–Kier alpha value is -3.35. The highest BCUT2D eigenvalue weighted by atomic mass is 19.1. The number of benzene rings is 2. The number of aromatic nitrogens is 2. The van der Waals surface area contributed by atoms with Gasteiger partial charge in [0.25, 0.3) is 5.91 Å². The summed E-state index contributed by atoms with van der Waals surface area (Å²) in [5.74, 6) is 0.127. The molecule has 0 fully saturated rings. The molecule has 1 amide bonds. The SMILES string of the molecule is CCCOc1cn(-c2ccc(F)cc2)nc1C(=O)Nc1ccccc1OC. The van der Waals surface area contributed by atoms with Crippen LogP contribution >= 0.6 is 0 Å². The Labute approximate surface area is 156 Å². The number of rotatable bonds is 7. The second kappa shape index (κ2) is 8.35. The number of hydrogen-bond donors (Lipinski definition) is 1. The van der Waals surface area contributed by atoms with Crippen molar-refractivity contribution in [2.75, 3.05) is 19.0 Å². The van der Waals surface area contributed by atoms with Crippen molar-refractivity contribution < 1.29 is 18.7 Å². The molecule has 2 aromatic carbocycles. The van der Waals surface area contributed by atoms with Crippen molar-refractivity contribution in [3.8, 4) is 17.2 Å². The standard InChI is InChI=1S/C20H20FN3O3/c1-3-12-27-18-13-24(15-10-8-14(21)9-11-15)23-19(18)20(25)22-16-6-4-5-7-17(16)26-2/h4-11,13H,3,12H2,1-2H3,(H,22,25). The minimum Gasteiger partial charge on any atom is -0.495 e. The van der Waals surface area contributed by atoms with E-state index in [1.807, 2.05) is 13.0 Å². The summed E-state index contributed by atoms with van der Waals surface area (Å²) in [6.45, 7) is 2.42. The van der Waals surface area contributed by atoms with Gasteiger partial charge in [0.05, 0.1) is 31.3 Å². The number of carbonyl (C=O) groups is 1. The minimum absolute atomic E-state index is 0.138. The van der Waals surface area contributed by atoms with Gasteiger partial charge in [-0.15, -0.1) is 0 Å². The zero-order chi connectivity index (χ0) is 19.2. The highest BCUT2D eigenvalue weighted by Gasteiger charge is 2.20. The van der Waals surface area contributed by atoms with Crippen LogP contribution in [-0.2, 0) is 0 Å². The number of methoxy groups -OCH3 is 1. The normalized spacial score (nSPS) is 10.5. The van der Waals surface area contributed by atoms with Crippen molar-refractivity contribution in [1.29, 1.82) is 0 Å². The maximum Gasteiger partial charge on any atom is 0.280 e. The summed E-state index contributed by atoms with van der Waals surface area (Å²) in [5.41, 5.74) is 1.29. The number of nitrogens with one attached hydrogen (secondary N) is 1. The van der Waals surface area contributed by atoms with Crippen LogP contribution in [0.25, 0.3) is 5.69 Å². The average Bonchev–Trinajstić information content (AvgIpc) is 3.11. The van der Waals surface area contributed by atoms with E-state index in [1.165, 1.54) is 23.9 Å². The van der Waals surface area contributed by atoms with Crippen molar-refractivity contribution in [2.24, 2.45) is 0 Å². The van der Waals surface area contributed by atoms with Crippen LogP contribution in [-0.4, -0.2) is 29.4 Å². The molecule has 0 aliphatic heterocycles. The van der Waals surface area contributed by atoms with Gasteiger partial charge in [-0.05, 0) is 42.8 Å². The fourth-order valence-corrected chi connectivity index (χ4v) is 2.49. The van der Waals surface area contributed by atoms with Crippen LogP contribution in [0.2, 0.25) is 0 Å². The van der Waals surface area contributed by atoms with Gasteiger partial charge in [0.2, 0.25) is 0 Å². The molecule has 1 heterocycles. The molecule has 0 spiro atoms. The number of halogens is 1. The monoisotopic (exact) mass is 369 g/mol. The van der Waals surface area contributed by atoms with Gasteiger partial charge in [-0.1, -0.05) is 19.1 Å². The lowest BCUT2D eigenvalue weighted by Crippen LogP contribution is -2.15. The van der Waals surface area contributed by atoms with E-state index >= 15 is 0 Å². The Balaban J connectivity index is 1.92. The third kappa shape index (κ3) is 4.25. The first-order valence-electron chi connectivity index (χ1n) is 8.55. The van der Waals surface area contributed by atoms with Gasteiger partial charge in [0.1, 0.15) is 11.6 Å². The Morgan fingerprint density at radius 2 is 1.89 bits per heavy atom. The molecule has 3 aromatic rings. The van der Waals surface area contributed by atoms with Gasteiger partial charge in [0.15, 0.2) is 11.4 Å². The van der Waals surface area contributed by atoms with E-state index in [1.54, 1.807) is 36.5 Å². The van der Waals surface area contributed by atoms with Crippen molar-refractivity contribution in [1.82, 2.24) is 9.78 Å². The maximum absolute atomic E-state index is 13.2. The zero-order valence-corrected chi connectivity index (χ0v) is 15.1. The summed E-state index contributed by atoms with van der Waals surface area (Å²) >= 11 is 0. The highest BCUT2D eigenvalue weighted by molar-refractivity contribution is 6.05. The zero-order valence-electron chi connectivity index (χ0n) is 15.1. The number of anilines is 1. The van der Waals surface area contributed by atoms with Crippen LogP contribution in [0.15, 0.2) is 54.7 Å². The number of nitrogens with zero attached hydrogens (tertiary/aromatic N) is 2. The van der Waals surface area contributed by atoms with Crippen LogP contribution in [0.5, 0.6) is 11.5 Å². The number of carbonyl (C=O) groups excluding carboxylic acids is 1. The smallest absolute Gasteiger partial charge is 0.280 e. The van der Waals surface area contributed by atoms with E-state index in [4.69, 9.17) is 9.47 Å². The molecule has 6 nitrogen and oxygen atoms in total. The summed E-state index contributed by atoms with van der Waals surface area (Å²) < 4.78 is 25.6. The van der Waals surface area contributed by atoms with Gasteiger partial charge in [-0.3, -0.25) is 4.79 Å². The number of para-hydroxylation sites is 2. The number of amides is 1. The summed E-state index contributed by atoms with van der Waals surface area (Å²) in [7, 11) is 1.53. The lowest BCUT2D eigenvalue weighted by molar-refractivity contribution is 0.101. The molecule has 0 saturated carbocycles. The third-order valence-electron chi connectivity index (χ3n) is 3.80. The molecule has 140 valence electrons. The van der Waals surface area contributed by atoms with Gasteiger partial charge in [0, 0.05) is 0 Å². The first-order valence-corrected chi connectivity index (χ1v) is 8.55. The Kier molecular flexibility index (Phi) is 5.71. The molecule has 27 heavy (non-hydrogen) atoms.